The molecule has 80 valence electrons. The van der Waals surface area contributed by atoms with Gasteiger partial charge in [-0.05, 0) is 18.2 Å². The quantitative estimate of drug-likeness (QED) is 0.461. The Morgan fingerprint density at radius 1 is 0.882 bits per heavy atom. The maximum Gasteiger partial charge on any atom is 0.0979 e. The van der Waals surface area contributed by atoms with Crippen molar-refractivity contribution >= 4 is 42.5 Å². The van der Waals surface area contributed by atoms with Gasteiger partial charge in [0.05, 0.1) is 15.7 Å². The fraction of sp³-hybridized carbons (Fsp3) is 0. The zero-order valence-electron chi connectivity index (χ0n) is 8.92. The number of benzene rings is 1. The fourth-order valence-corrected chi connectivity index (χ4v) is 3.30. The van der Waals surface area contributed by atoms with Gasteiger partial charge < -0.3 is 0 Å². The van der Waals surface area contributed by atoms with E-state index in [1.165, 1.54) is 20.2 Å². The molecule has 0 saturated heterocycles. The van der Waals surface area contributed by atoms with Crippen LogP contribution in [0.4, 0.5) is 0 Å². The summed E-state index contributed by atoms with van der Waals surface area (Å²) < 4.78 is 2.50. The van der Waals surface area contributed by atoms with Gasteiger partial charge in [0.15, 0.2) is 0 Å². The van der Waals surface area contributed by atoms with Gasteiger partial charge in [-0.3, -0.25) is 9.97 Å². The highest BCUT2D eigenvalue weighted by Gasteiger charge is 2.09. The third-order valence-electron chi connectivity index (χ3n) is 2.97. The summed E-state index contributed by atoms with van der Waals surface area (Å²) in [7, 11) is 0. The molecule has 17 heavy (non-hydrogen) atoms. The predicted octanol–water partition coefficient (Wildman–Crippen LogP) is 4.00. The number of nitrogens with zero attached hydrogens (tertiary/aromatic N) is 2. The molecule has 2 nitrogen and oxygen atoms in total. The van der Waals surface area contributed by atoms with Gasteiger partial charge in [-0.2, -0.15) is 0 Å². The molecule has 0 fully saturated rings. The van der Waals surface area contributed by atoms with E-state index in [1.807, 2.05) is 24.5 Å². The Hall–Kier alpha value is -2.00. The average molecular weight is 236 g/mol. The summed E-state index contributed by atoms with van der Waals surface area (Å²) in [5, 5.41) is 2.51. The zero-order valence-corrected chi connectivity index (χ0v) is 9.74. The number of aromatic nitrogens is 2. The molecular formula is C14H8N2S. The number of hydrogen-bond acceptors (Lipinski definition) is 3. The van der Waals surface area contributed by atoms with Crippen LogP contribution in [0.2, 0.25) is 0 Å². The van der Waals surface area contributed by atoms with E-state index in [0.29, 0.717) is 0 Å². The molecule has 3 heterocycles. The van der Waals surface area contributed by atoms with Crippen LogP contribution in [-0.2, 0) is 0 Å². The minimum atomic E-state index is 0.962. The van der Waals surface area contributed by atoms with Gasteiger partial charge in [-0.15, -0.1) is 11.3 Å². The molecular weight excluding hydrogens is 228 g/mol. The lowest BCUT2D eigenvalue weighted by Gasteiger charge is -1.97. The highest BCUT2D eigenvalue weighted by Crippen LogP contribution is 2.36. The van der Waals surface area contributed by atoms with Crippen molar-refractivity contribution in [3.8, 4) is 0 Å². The van der Waals surface area contributed by atoms with Crippen molar-refractivity contribution in [1.29, 1.82) is 0 Å². The van der Waals surface area contributed by atoms with Crippen molar-refractivity contribution in [1.82, 2.24) is 9.97 Å². The molecule has 4 rings (SSSR count). The maximum atomic E-state index is 4.48. The first-order valence-electron chi connectivity index (χ1n) is 5.44. The van der Waals surface area contributed by atoms with E-state index in [0.717, 1.165) is 11.0 Å². The first kappa shape index (κ1) is 9.07. The lowest BCUT2D eigenvalue weighted by molar-refractivity contribution is 1.37. The highest BCUT2D eigenvalue weighted by atomic mass is 32.1. The molecule has 0 aliphatic carbocycles. The Kier molecular flexibility index (Phi) is 1.73. The minimum Gasteiger partial charge on any atom is -0.254 e. The molecule has 0 bridgehead atoms. The Bertz CT molecular complexity index is 842. The minimum absolute atomic E-state index is 0.962. The SMILES string of the molecule is c1cnc2c(c1)ncc1sc3ccccc3c12. The van der Waals surface area contributed by atoms with Crippen molar-refractivity contribution in [3.63, 3.8) is 0 Å². The zero-order chi connectivity index (χ0) is 11.2. The van der Waals surface area contributed by atoms with Crippen LogP contribution in [0.15, 0.2) is 48.8 Å². The first-order chi connectivity index (χ1) is 8.43. The van der Waals surface area contributed by atoms with E-state index in [1.54, 1.807) is 11.3 Å². The lowest BCUT2D eigenvalue weighted by atomic mass is 10.1. The molecule has 0 aliphatic heterocycles. The molecule has 0 saturated carbocycles. The maximum absolute atomic E-state index is 4.48. The third-order valence-corrected chi connectivity index (χ3v) is 4.07. The molecule has 0 atom stereocenters. The standard InChI is InChI=1S/C14H8N2S/c1-2-6-11-9(4-1)13-12(17-11)8-16-10-5-3-7-15-14(10)13/h1-8H. The second-order valence-electron chi connectivity index (χ2n) is 3.97. The molecule has 4 aromatic rings. The molecule has 0 unspecified atom stereocenters. The second kappa shape index (κ2) is 3.25. The van der Waals surface area contributed by atoms with Crippen molar-refractivity contribution in [2.75, 3.05) is 0 Å². The summed E-state index contributed by atoms with van der Waals surface area (Å²) in [6.07, 6.45) is 3.78. The largest absolute Gasteiger partial charge is 0.254 e. The number of hydrogen-bond donors (Lipinski definition) is 0. The van der Waals surface area contributed by atoms with Crippen LogP contribution in [0.25, 0.3) is 31.2 Å². The van der Waals surface area contributed by atoms with Crippen LogP contribution in [0.5, 0.6) is 0 Å². The van der Waals surface area contributed by atoms with Gasteiger partial charge in [0, 0.05) is 27.9 Å². The Morgan fingerprint density at radius 2 is 1.82 bits per heavy atom. The summed E-state index contributed by atoms with van der Waals surface area (Å²) in [5.74, 6) is 0. The third kappa shape index (κ3) is 1.20. The first-order valence-corrected chi connectivity index (χ1v) is 6.26. The van der Waals surface area contributed by atoms with Gasteiger partial charge in [-0.1, -0.05) is 18.2 Å². The lowest BCUT2D eigenvalue weighted by Crippen LogP contribution is -1.81. The summed E-state index contributed by atoms with van der Waals surface area (Å²) in [5.41, 5.74) is 1.96. The van der Waals surface area contributed by atoms with Gasteiger partial charge in [0.1, 0.15) is 0 Å². The molecule has 3 heteroatoms. The molecule has 3 aromatic heterocycles. The predicted molar refractivity (Wildman–Crippen MR) is 72.4 cm³/mol. The monoisotopic (exact) mass is 236 g/mol. The fourth-order valence-electron chi connectivity index (χ4n) is 2.22. The number of fused-ring (bicyclic) bond motifs is 5. The van der Waals surface area contributed by atoms with E-state index >= 15 is 0 Å². The highest BCUT2D eigenvalue weighted by molar-refractivity contribution is 7.26. The number of thiophene rings is 1. The summed E-state index contributed by atoms with van der Waals surface area (Å²) in [4.78, 5) is 8.93. The van der Waals surface area contributed by atoms with Crippen LogP contribution in [-0.4, -0.2) is 9.97 Å². The van der Waals surface area contributed by atoms with E-state index < -0.39 is 0 Å². The van der Waals surface area contributed by atoms with Gasteiger partial charge in [0.25, 0.3) is 0 Å². The molecule has 0 amide bonds. The second-order valence-corrected chi connectivity index (χ2v) is 5.05. The van der Waals surface area contributed by atoms with Crippen LogP contribution < -0.4 is 0 Å². The van der Waals surface area contributed by atoms with Gasteiger partial charge >= 0.3 is 0 Å². The van der Waals surface area contributed by atoms with Crippen LogP contribution in [0, 0.1) is 0 Å². The van der Waals surface area contributed by atoms with E-state index in [-0.39, 0.29) is 0 Å². The van der Waals surface area contributed by atoms with Crippen molar-refractivity contribution < 1.29 is 0 Å². The summed E-state index contributed by atoms with van der Waals surface area (Å²) >= 11 is 1.77. The van der Waals surface area contributed by atoms with Crippen molar-refractivity contribution in [2.45, 2.75) is 0 Å². The number of rotatable bonds is 0. The van der Waals surface area contributed by atoms with Gasteiger partial charge in [0.2, 0.25) is 0 Å². The normalized spacial score (nSPS) is 11.5. The molecule has 0 spiro atoms. The summed E-state index contributed by atoms with van der Waals surface area (Å²) in [6, 6.07) is 12.4. The van der Waals surface area contributed by atoms with Crippen molar-refractivity contribution in [2.24, 2.45) is 0 Å². The van der Waals surface area contributed by atoms with E-state index in [9.17, 15) is 0 Å². The van der Waals surface area contributed by atoms with Crippen molar-refractivity contribution in [3.05, 3.63) is 48.8 Å². The Morgan fingerprint density at radius 3 is 2.82 bits per heavy atom. The van der Waals surface area contributed by atoms with Crippen LogP contribution in [0.3, 0.4) is 0 Å². The molecule has 0 aliphatic rings. The van der Waals surface area contributed by atoms with E-state index in [4.69, 9.17) is 0 Å². The average Bonchev–Trinajstić information content (AvgIpc) is 2.77. The summed E-state index contributed by atoms with van der Waals surface area (Å²) in [6.45, 7) is 0. The van der Waals surface area contributed by atoms with Gasteiger partial charge in [-0.25, -0.2) is 0 Å². The van der Waals surface area contributed by atoms with Crippen LogP contribution in [0.1, 0.15) is 0 Å². The Labute approximate surface area is 102 Å². The molecule has 0 N–H and O–H groups in total. The smallest absolute Gasteiger partial charge is 0.0979 e. The molecule has 1 aromatic carbocycles. The van der Waals surface area contributed by atoms with E-state index in [2.05, 4.69) is 34.2 Å². The molecule has 0 radical (unpaired) electrons. The number of pyridine rings is 2. The van der Waals surface area contributed by atoms with Crippen LogP contribution >= 0.6 is 11.3 Å². The topological polar surface area (TPSA) is 25.8 Å². The Balaban J connectivity index is 2.38.